The fourth-order valence-corrected chi connectivity index (χ4v) is 3.89. The lowest BCUT2D eigenvalue weighted by atomic mass is 10.0. The molecule has 0 saturated carbocycles. The topological polar surface area (TPSA) is 67.4 Å². The molecule has 31 heavy (non-hydrogen) atoms. The van der Waals surface area contributed by atoms with Gasteiger partial charge in [-0.25, -0.2) is 0 Å². The highest BCUT2D eigenvalue weighted by atomic mass is 16.5. The van der Waals surface area contributed by atoms with Gasteiger partial charge in [0.2, 0.25) is 5.75 Å². The van der Waals surface area contributed by atoms with Crippen molar-refractivity contribution in [3.05, 3.63) is 53.6 Å². The molecular formula is C24H34N4O3. The predicted molar refractivity (Wildman–Crippen MR) is 124 cm³/mol. The maximum absolute atomic E-state index is 5.44. The van der Waals surface area contributed by atoms with Crippen LogP contribution in [-0.4, -0.2) is 58.4 Å². The van der Waals surface area contributed by atoms with Crippen molar-refractivity contribution in [1.29, 1.82) is 0 Å². The summed E-state index contributed by atoms with van der Waals surface area (Å²) in [4.78, 5) is 6.91. The molecule has 1 aliphatic heterocycles. The van der Waals surface area contributed by atoms with E-state index in [0.29, 0.717) is 29.8 Å². The second-order valence-electron chi connectivity index (χ2n) is 7.64. The number of hydrogen-bond acceptors (Lipinski definition) is 5. The van der Waals surface area contributed by atoms with Gasteiger partial charge in [-0.1, -0.05) is 30.3 Å². The molecule has 1 aliphatic rings. The number of ether oxygens (including phenoxy) is 3. The Morgan fingerprint density at radius 1 is 0.968 bits per heavy atom. The molecular weight excluding hydrogens is 392 g/mol. The van der Waals surface area contributed by atoms with Crippen LogP contribution in [0.15, 0.2) is 47.5 Å². The van der Waals surface area contributed by atoms with Crippen LogP contribution >= 0.6 is 0 Å². The fraction of sp³-hybridized carbons (Fsp3) is 0.458. The molecule has 0 aliphatic carbocycles. The van der Waals surface area contributed by atoms with Gasteiger partial charge < -0.3 is 24.8 Å². The van der Waals surface area contributed by atoms with E-state index in [1.165, 1.54) is 5.56 Å². The molecule has 0 radical (unpaired) electrons. The number of piperidine rings is 1. The number of likely N-dealkylation sites (tertiary alicyclic amines) is 1. The highest BCUT2D eigenvalue weighted by molar-refractivity contribution is 5.80. The molecule has 7 heteroatoms. The van der Waals surface area contributed by atoms with Gasteiger partial charge in [-0.3, -0.25) is 9.89 Å². The first-order valence-corrected chi connectivity index (χ1v) is 10.7. The first kappa shape index (κ1) is 22.7. The molecule has 1 heterocycles. The van der Waals surface area contributed by atoms with E-state index in [1.807, 2.05) is 12.1 Å². The Bertz CT molecular complexity index is 824. The summed E-state index contributed by atoms with van der Waals surface area (Å²) in [5.74, 6) is 2.69. The van der Waals surface area contributed by atoms with E-state index >= 15 is 0 Å². The van der Waals surface area contributed by atoms with Gasteiger partial charge >= 0.3 is 0 Å². The molecule has 0 unspecified atom stereocenters. The van der Waals surface area contributed by atoms with Crippen molar-refractivity contribution < 1.29 is 14.2 Å². The smallest absolute Gasteiger partial charge is 0.203 e. The summed E-state index contributed by atoms with van der Waals surface area (Å²) in [5.41, 5.74) is 2.40. The van der Waals surface area contributed by atoms with Gasteiger partial charge in [0.15, 0.2) is 17.5 Å². The molecule has 0 bridgehead atoms. The van der Waals surface area contributed by atoms with Crippen LogP contribution in [0.2, 0.25) is 0 Å². The minimum atomic E-state index is 0.415. The second-order valence-corrected chi connectivity index (χ2v) is 7.64. The summed E-state index contributed by atoms with van der Waals surface area (Å²) in [6, 6.07) is 15.0. The van der Waals surface area contributed by atoms with Gasteiger partial charge in [0.05, 0.1) is 21.3 Å². The summed E-state index contributed by atoms with van der Waals surface area (Å²) < 4.78 is 16.3. The molecule has 2 N–H and O–H groups in total. The van der Waals surface area contributed by atoms with E-state index in [9.17, 15) is 0 Å². The lowest BCUT2D eigenvalue weighted by Crippen LogP contribution is -2.48. The largest absolute Gasteiger partial charge is 0.493 e. The zero-order valence-electron chi connectivity index (χ0n) is 19.0. The van der Waals surface area contributed by atoms with Crippen LogP contribution < -0.4 is 24.8 Å². The van der Waals surface area contributed by atoms with Crippen molar-refractivity contribution in [2.75, 3.05) is 41.5 Å². The maximum Gasteiger partial charge on any atom is 0.203 e. The normalized spacial score (nSPS) is 15.4. The van der Waals surface area contributed by atoms with Crippen LogP contribution in [0.5, 0.6) is 17.2 Å². The maximum atomic E-state index is 5.44. The molecule has 0 amide bonds. The van der Waals surface area contributed by atoms with E-state index in [1.54, 1.807) is 28.4 Å². The second kappa shape index (κ2) is 11.5. The number of aliphatic imine (C=N–C) groups is 1. The number of rotatable bonds is 8. The van der Waals surface area contributed by atoms with Gasteiger partial charge in [0.1, 0.15) is 0 Å². The fourth-order valence-electron chi connectivity index (χ4n) is 3.89. The molecule has 1 fully saturated rings. The van der Waals surface area contributed by atoms with Crippen molar-refractivity contribution in [3.63, 3.8) is 0 Å². The molecule has 168 valence electrons. The molecule has 0 spiro atoms. The summed E-state index contributed by atoms with van der Waals surface area (Å²) in [6.07, 6.45) is 2.19. The third-order valence-electron chi connectivity index (χ3n) is 5.59. The quantitative estimate of drug-likeness (QED) is 0.500. The third kappa shape index (κ3) is 6.28. The molecule has 1 saturated heterocycles. The highest BCUT2D eigenvalue weighted by Gasteiger charge is 2.20. The summed E-state index contributed by atoms with van der Waals surface area (Å²) in [7, 11) is 6.66. The Morgan fingerprint density at radius 2 is 1.61 bits per heavy atom. The SMILES string of the molecule is CN=C(NCc1cc(OC)c(OC)c(OC)c1)NC1CCN(Cc2ccccc2)CC1. The van der Waals surface area contributed by atoms with Crippen LogP contribution in [-0.2, 0) is 13.1 Å². The number of nitrogens with zero attached hydrogens (tertiary/aromatic N) is 2. The number of hydrogen-bond donors (Lipinski definition) is 2. The third-order valence-corrected chi connectivity index (χ3v) is 5.59. The van der Waals surface area contributed by atoms with E-state index in [-0.39, 0.29) is 0 Å². The number of guanidine groups is 1. The first-order chi connectivity index (χ1) is 15.2. The van der Waals surface area contributed by atoms with Crippen LogP contribution in [0.3, 0.4) is 0 Å². The van der Waals surface area contributed by atoms with E-state index in [4.69, 9.17) is 14.2 Å². The zero-order chi connectivity index (χ0) is 22.1. The number of methoxy groups -OCH3 is 3. The number of benzene rings is 2. The zero-order valence-corrected chi connectivity index (χ0v) is 19.0. The predicted octanol–water partition coefficient (Wildman–Crippen LogP) is 3.04. The molecule has 0 aromatic heterocycles. The summed E-state index contributed by atoms with van der Waals surface area (Å²) in [5, 5.41) is 6.96. The number of nitrogens with one attached hydrogen (secondary N) is 2. The average Bonchev–Trinajstić information content (AvgIpc) is 2.82. The van der Waals surface area contributed by atoms with Gasteiger partial charge in [-0.15, -0.1) is 0 Å². The molecule has 2 aromatic carbocycles. The van der Waals surface area contributed by atoms with Gasteiger partial charge in [-0.2, -0.15) is 0 Å². The van der Waals surface area contributed by atoms with E-state index in [0.717, 1.165) is 44.0 Å². The van der Waals surface area contributed by atoms with Crippen LogP contribution in [0.25, 0.3) is 0 Å². The van der Waals surface area contributed by atoms with Gasteiger partial charge in [0.25, 0.3) is 0 Å². The first-order valence-electron chi connectivity index (χ1n) is 10.7. The van der Waals surface area contributed by atoms with Crippen molar-refractivity contribution in [2.24, 2.45) is 4.99 Å². The highest BCUT2D eigenvalue weighted by Crippen LogP contribution is 2.38. The lowest BCUT2D eigenvalue weighted by Gasteiger charge is -2.33. The van der Waals surface area contributed by atoms with Crippen molar-refractivity contribution in [2.45, 2.75) is 32.0 Å². The summed E-state index contributed by atoms with van der Waals surface area (Å²) >= 11 is 0. The van der Waals surface area contributed by atoms with E-state index < -0.39 is 0 Å². The Hall–Kier alpha value is -2.93. The van der Waals surface area contributed by atoms with Crippen LogP contribution in [0.4, 0.5) is 0 Å². The molecule has 3 rings (SSSR count). The standard InChI is InChI=1S/C24H34N4O3/c1-25-24(26-16-19-14-21(29-2)23(31-4)22(15-19)30-3)27-20-10-12-28(13-11-20)17-18-8-6-5-7-9-18/h5-9,14-15,20H,10-13,16-17H2,1-4H3,(H2,25,26,27). The molecule has 0 atom stereocenters. The van der Waals surface area contributed by atoms with Gasteiger partial charge in [-0.05, 0) is 36.1 Å². The van der Waals surface area contributed by atoms with Crippen molar-refractivity contribution >= 4 is 5.96 Å². The summed E-state index contributed by atoms with van der Waals surface area (Å²) in [6.45, 7) is 3.78. The Morgan fingerprint density at radius 3 is 2.16 bits per heavy atom. The minimum absolute atomic E-state index is 0.415. The lowest BCUT2D eigenvalue weighted by molar-refractivity contribution is 0.198. The van der Waals surface area contributed by atoms with Crippen molar-refractivity contribution in [1.82, 2.24) is 15.5 Å². The average molecular weight is 427 g/mol. The Balaban J connectivity index is 1.50. The Kier molecular flexibility index (Phi) is 8.41. The van der Waals surface area contributed by atoms with Gasteiger partial charge in [0, 0.05) is 39.3 Å². The van der Waals surface area contributed by atoms with E-state index in [2.05, 4.69) is 50.9 Å². The Labute approximate surface area is 185 Å². The van der Waals surface area contributed by atoms with Crippen LogP contribution in [0.1, 0.15) is 24.0 Å². The van der Waals surface area contributed by atoms with Crippen LogP contribution in [0, 0.1) is 0 Å². The van der Waals surface area contributed by atoms with Crippen molar-refractivity contribution in [3.8, 4) is 17.2 Å². The molecule has 7 nitrogen and oxygen atoms in total. The minimum Gasteiger partial charge on any atom is -0.493 e. The monoisotopic (exact) mass is 426 g/mol. The molecule has 2 aromatic rings.